The molecular formula is C12H15ClN2O. The van der Waals surface area contributed by atoms with Crippen molar-refractivity contribution in [1.82, 2.24) is 4.98 Å². The highest BCUT2D eigenvalue weighted by atomic mass is 35.5. The van der Waals surface area contributed by atoms with E-state index in [1.165, 1.54) is 0 Å². The molecule has 0 amide bonds. The quantitative estimate of drug-likeness (QED) is 0.864. The van der Waals surface area contributed by atoms with Crippen LogP contribution in [0.3, 0.4) is 0 Å². The van der Waals surface area contributed by atoms with E-state index in [4.69, 9.17) is 22.1 Å². The monoisotopic (exact) mass is 238 g/mol. The van der Waals surface area contributed by atoms with Gasteiger partial charge in [0.15, 0.2) is 0 Å². The molecule has 3 nitrogen and oxygen atoms in total. The summed E-state index contributed by atoms with van der Waals surface area (Å²) in [5.74, 6) is 1.01. The molecule has 1 heterocycles. The highest BCUT2D eigenvalue weighted by Gasteiger charge is 2.09. The smallest absolute Gasteiger partial charge is 0.138 e. The van der Waals surface area contributed by atoms with Gasteiger partial charge in [-0.15, -0.1) is 0 Å². The first-order chi connectivity index (χ1) is 7.65. The number of benzene rings is 1. The molecule has 4 heteroatoms. The molecule has 0 saturated carbocycles. The molecule has 0 fully saturated rings. The van der Waals surface area contributed by atoms with Crippen molar-refractivity contribution in [2.75, 3.05) is 13.7 Å². The van der Waals surface area contributed by atoms with E-state index in [1.807, 2.05) is 12.1 Å². The molecular weight excluding hydrogens is 224 g/mol. The molecule has 1 aromatic heterocycles. The fourth-order valence-electron chi connectivity index (χ4n) is 1.70. The Morgan fingerprint density at radius 2 is 2.19 bits per heavy atom. The molecule has 0 saturated heterocycles. The first kappa shape index (κ1) is 11.3. The van der Waals surface area contributed by atoms with Crippen LogP contribution in [-0.2, 0) is 0 Å². The third-order valence-corrected chi connectivity index (χ3v) is 3.09. The van der Waals surface area contributed by atoms with Crippen molar-refractivity contribution in [3.05, 3.63) is 28.9 Å². The number of fused-ring (bicyclic) bond motifs is 1. The van der Waals surface area contributed by atoms with Crippen molar-refractivity contribution in [2.45, 2.75) is 12.8 Å². The van der Waals surface area contributed by atoms with Gasteiger partial charge in [0.1, 0.15) is 5.75 Å². The van der Waals surface area contributed by atoms with E-state index in [0.29, 0.717) is 23.2 Å². The molecule has 16 heavy (non-hydrogen) atoms. The van der Waals surface area contributed by atoms with Crippen LogP contribution in [0, 0.1) is 0 Å². The fraction of sp³-hybridized carbons (Fsp3) is 0.333. The van der Waals surface area contributed by atoms with Gasteiger partial charge in [0.05, 0.1) is 12.1 Å². The number of nitrogens with one attached hydrogen (secondary N) is 1. The second kappa shape index (κ2) is 4.36. The van der Waals surface area contributed by atoms with Gasteiger partial charge in [-0.1, -0.05) is 18.5 Å². The highest BCUT2D eigenvalue weighted by molar-refractivity contribution is 6.32. The predicted octanol–water partition coefficient (Wildman–Crippen LogP) is 2.89. The number of rotatable bonds is 3. The summed E-state index contributed by atoms with van der Waals surface area (Å²) >= 11 is 6.06. The first-order valence-corrected chi connectivity index (χ1v) is 5.59. The Balaban J connectivity index is 2.53. The number of aromatic nitrogens is 1. The molecule has 0 spiro atoms. The summed E-state index contributed by atoms with van der Waals surface area (Å²) in [6.45, 7) is 2.71. The molecule has 1 atom stereocenters. The molecule has 86 valence electrons. The molecule has 0 aliphatic rings. The Labute approximate surface area is 99.5 Å². The number of hydrogen-bond donors (Lipinski definition) is 2. The van der Waals surface area contributed by atoms with Gasteiger partial charge in [-0.2, -0.15) is 0 Å². The van der Waals surface area contributed by atoms with Gasteiger partial charge in [-0.05, 0) is 18.2 Å². The van der Waals surface area contributed by atoms with Crippen LogP contribution in [0.1, 0.15) is 18.5 Å². The van der Waals surface area contributed by atoms with Gasteiger partial charge in [0.2, 0.25) is 0 Å². The normalized spacial score (nSPS) is 13.0. The minimum atomic E-state index is 0.317. The van der Waals surface area contributed by atoms with Crippen LogP contribution in [0.4, 0.5) is 0 Å². The number of H-pyrrole nitrogens is 1. The van der Waals surface area contributed by atoms with E-state index < -0.39 is 0 Å². The van der Waals surface area contributed by atoms with Crippen LogP contribution in [0.25, 0.3) is 10.9 Å². The minimum absolute atomic E-state index is 0.317. The molecule has 0 bridgehead atoms. The van der Waals surface area contributed by atoms with Crippen molar-refractivity contribution in [2.24, 2.45) is 5.73 Å². The van der Waals surface area contributed by atoms with Crippen molar-refractivity contribution in [1.29, 1.82) is 0 Å². The van der Waals surface area contributed by atoms with E-state index in [2.05, 4.69) is 18.0 Å². The second-order valence-corrected chi connectivity index (χ2v) is 4.34. The molecule has 1 unspecified atom stereocenters. The second-order valence-electron chi connectivity index (χ2n) is 3.94. The van der Waals surface area contributed by atoms with Crippen molar-refractivity contribution in [3.63, 3.8) is 0 Å². The van der Waals surface area contributed by atoms with E-state index in [0.717, 1.165) is 16.6 Å². The maximum Gasteiger partial charge on any atom is 0.138 e. The van der Waals surface area contributed by atoms with Crippen LogP contribution in [-0.4, -0.2) is 18.6 Å². The fourth-order valence-corrected chi connectivity index (χ4v) is 1.95. The zero-order chi connectivity index (χ0) is 11.7. The van der Waals surface area contributed by atoms with Crippen molar-refractivity contribution < 1.29 is 4.74 Å². The standard InChI is InChI=1S/C12H15ClN2O/c1-7(6-14)10-3-8-4-12(16-2)9(13)5-11(8)15-10/h3-5,7,15H,6,14H2,1-2H3. The molecule has 0 aliphatic heterocycles. The maximum absolute atomic E-state index is 6.06. The zero-order valence-corrected chi connectivity index (χ0v) is 10.1. The van der Waals surface area contributed by atoms with Crippen molar-refractivity contribution >= 4 is 22.5 Å². The lowest BCUT2D eigenvalue weighted by molar-refractivity contribution is 0.415. The summed E-state index contributed by atoms with van der Waals surface area (Å²) in [7, 11) is 1.61. The SMILES string of the molecule is COc1cc2cc(C(C)CN)[nH]c2cc1Cl. The van der Waals surface area contributed by atoms with Gasteiger partial charge in [0, 0.05) is 29.1 Å². The van der Waals surface area contributed by atoms with Crippen LogP contribution in [0.2, 0.25) is 5.02 Å². The topological polar surface area (TPSA) is 51.0 Å². The molecule has 0 aliphatic carbocycles. The largest absolute Gasteiger partial charge is 0.495 e. The molecule has 1 aromatic carbocycles. The average Bonchev–Trinajstić information content (AvgIpc) is 2.69. The average molecular weight is 239 g/mol. The summed E-state index contributed by atoms with van der Waals surface area (Å²) in [5, 5.41) is 1.71. The maximum atomic E-state index is 6.06. The molecule has 2 rings (SSSR count). The van der Waals surface area contributed by atoms with E-state index in [9.17, 15) is 0 Å². The van der Waals surface area contributed by atoms with E-state index in [-0.39, 0.29) is 0 Å². The lowest BCUT2D eigenvalue weighted by Gasteiger charge is -2.03. The van der Waals surface area contributed by atoms with E-state index in [1.54, 1.807) is 7.11 Å². The van der Waals surface area contributed by atoms with Crippen LogP contribution >= 0.6 is 11.6 Å². The Bertz CT molecular complexity index is 507. The number of halogens is 1. The molecule has 2 aromatic rings. The summed E-state index contributed by atoms with van der Waals surface area (Å²) in [4.78, 5) is 3.32. The number of ether oxygens (including phenoxy) is 1. The lowest BCUT2D eigenvalue weighted by atomic mass is 10.1. The molecule has 0 radical (unpaired) electrons. The predicted molar refractivity (Wildman–Crippen MR) is 67.3 cm³/mol. The third-order valence-electron chi connectivity index (χ3n) is 2.80. The van der Waals surface area contributed by atoms with Crippen LogP contribution < -0.4 is 10.5 Å². The highest BCUT2D eigenvalue weighted by Crippen LogP contribution is 2.31. The number of methoxy groups -OCH3 is 1. The van der Waals surface area contributed by atoms with Crippen LogP contribution in [0.5, 0.6) is 5.75 Å². The Morgan fingerprint density at radius 1 is 1.44 bits per heavy atom. The Morgan fingerprint density at radius 3 is 2.81 bits per heavy atom. The Kier molecular flexibility index (Phi) is 3.08. The number of hydrogen-bond acceptors (Lipinski definition) is 2. The minimum Gasteiger partial charge on any atom is -0.495 e. The van der Waals surface area contributed by atoms with E-state index >= 15 is 0 Å². The first-order valence-electron chi connectivity index (χ1n) is 5.22. The van der Waals surface area contributed by atoms with Gasteiger partial charge < -0.3 is 15.5 Å². The summed E-state index contributed by atoms with van der Waals surface area (Å²) < 4.78 is 5.18. The number of nitrogens with two attached hydrogens (primary N) is 1. The summed E-state index contributed by atoms with van der Waals surface area (Å²) in [5.41, 5.74) is 7.78. The summed E-state index contributed by atoms with van der Waals surface area (Å²) in [6.07, 6.45) is 0. The van der Waals surface area contributed by atoms with Crippen molar-refractivity contribution in [3.8, 4) is 5.75 Å². The summed E-state index contributed by atoms with van der Waals surface area (Å²) in [6, 6.07) is 5.90. The van der Waals surface area contributed by atoms with Gasteiger partial charge in [-0.25, -0.2) is 0 Å². The molecule has 3 N–H and O–H groups in total. The lowest BCUT2D eigenvalue weighted by Crippen LogP contribution is -2.08. The van der Waals surface area contributed by atoms with Gasteiger partial charge >= 0.3 is 0 Å². The van der Waals surface area contributed by atoms with Gasteiger partial charge in [0.25, 0.3) is 0 Å². The number of aromatic amines is 1. The van der Waals surface area contributed by atoms with Crippen LogP contribution in [0.15, 0.2) is 18.2 Å². The Hall–Kier alpha value is -1.19. The third kappa shape index (κ3) is 1.88. The van der Waals surface area contributed by atoms with Gasteiger partial charge in [-0.3, -0.25) is 0 Å². The zero-order valence-electron chi connectivity index (χ0n) is 9.38.